The molecule has 3 nitrogen and oxygen atoms in total. The molecule has 5 rings (SSSR count). The van der Waals surface area contributed by atoms with Gasteiger partial charge in [0.05, 0.1) is 13.2 Å². The van der Waals surface area contributed by atoms with Gasteiger partial charge in [0.1, 0.15) is 0 Å². The maximum absolute atomic E-state index is 10.8. The summed E-state index contributed by atoms with van der Waals surface area (Å²) in [6.45, 7) is 0. The second-order valence-corrected chi connectivity index (χ2v) is 7.99. The fraction of sp³-hybridized carbons (Fsp3) is 0.143. The van der Waals surface area contributed by atoms with E-state index in [1.165, 1.54) is 27.8 Å². The molecule has 0 radical (unpaired) electrons. The van der Waals surface area contributed by atoms with E-state index in [-0.39, 0.29) is 11.8 Å². The molecule has 1 atom stereocenters. The second-order valence-electron chi connectivity index (χ2n) is 7.99. The summed E-state index contributed by atoms with van der Waals surface area (Å²) < 4.78 is 5.35. The first-order chi connectivity index (χ1) is 15.2. The molecule has 1 aliphatic rings. The molecule has 0 fully saturated rings. The van der Waals surface area contributed by atoms with E-state index in [1.807, 2.05) is 30.3 Å². The van der Waals surface area contributed by atoms with Gasteiger partial charge in [-0.05, 0) is 58.9 Å². The average molecular weight is 408 g/mol. The van der Waals surface area contributed by atoms with Gasteiger partial charge >= 0.3 is 0 Å². The van der Waals surface area contributed by atoms with Crippen LogP contribution >= 0.6 is 0 Å². The number of phenols is 1. The SMILES string of the molecule is COc1cccc(C(Cc2ccccc2)Nc2ccc3c(c2)Cc2ccccc2-3)c1O. The van der Waals surface area contributed by atoms with Crippen molar-refractivity contribution in [1.29, 1.82) is 0 Å². The Kier molecular flexibility index (Phi) is 5.09. The number of hydrogen-bond acceptors (Lipinski definition) is 3. The van der Waals surface area contributed by atoms with Crippen molar-refractivity contribution in [2.24, 2.45) is 0 Å². The van der Waals surface area contributed by atoms with E-state index < -0.39 is 0 Å². The van der Waals surface area contributed by atoms with Crippen LogP contribution in [0.4, 0.5) is 5.69 Å². The summed E-state index contributed by atoms with van der Waals surface area (Å²) in [6, 6.07) is 31.1. The number of aromatic hydroxyl groups is 1. The molecule has 0 saturated heterocycles. The highest BCUT2D eigenvalue weighted by Gasteiger charge is 2.21. The predicted octanol–water partition coefficient (Wildman–Crippen LogP) is 6.37. The zero-order valence-corrected chi connectivity index (χ0v) is 17.5. The van der Waals surface area contributed by atoms with E-state index in [4.69, 9.17) is 4.74 Å². The van der Waals surface area contributed by atoms with Crippen LogP contribution in [0.15, 0.2) is 91.0 Å². The largest absolute Gasteiger partial charge is 0.504 e. The minimum atomic E-state index is -0.0978. The Labute approximate surface area is 183 Å². The van der Waals surface area contributed by atoms with Gasteiger partial charge in [0.15, 0.2) is 11.5 Å². The predicted molar refractivity (Wildman–Crippen MR) is 126 cm³/mol. The van der Waals surface area contributed by atoms with E-state index in [1.54, 1.807) is 13.2 Å². The lowest BCUT2D eigenvalue weighted by Crippen LogP contribution is -2.14. The minimum Gasteiger partial charge on any atom is -0.504 e. The van der Waals surface area contributed by atoms with Crippen LogP contribution < -0.4 is 10.1 Å². The van der Waals surface area contributed by atoms with E-state index >= 15 is 0 Å². The smallest absolute Gasteiger partial charge is 0.163 e. The summed E-state index contributed by atoms with van der Waals surface area (Å²) in [5.74, 6) is 0.675. The van der Waals surface area contributed by atoms with Crippen molar-refractivity contribution >= 4 is 5.69 Å². The molecule has 4 aromatic carbocycles. The maximum atomic E-state index is 10.8. The monoisotopic (exact) mass is 407 g/mol. The molecule has 1 aliphatic carbocycles. The van der Waals surface area contributed by atoms with Gasteiger partial charge in [-0.3, -0.25) is 0 Å². The molecule has 3 heteroatoms. The first-order valence-corrected chi connectivity index (χ1v) is 10.6. The van der Waals surface area contributed by atoms with E-state index in [9.17, 15) is 5.11 Å². The molecule has 31 heavy (non-hydrogen) atoms. The lowest BCUT2D eigenvalue weighted by Gasteiger charge is -2.23. The lowest BCUT2D eigenvalue weighted by molar-refractivity contribution is 0.369. The quantitative estimate of drug-likeness (QED) is 0.344. The van der Waals surface area contributed by atoms with E-state index in [2.05, 4.69) is 59.9 Å². The summed E-state index contributed by atoms with van der Waals surface area (Å²) in [5, 5.41) is 14.5. The Morgan fingerprint density at radius 2 is 1.61 bits per heavy atom. The molecular weight excluding hydrogens is 382 g/mol. The summed E-state index contributed by atoms with van der Waals surface area (Å²) in [5.41, 5.74) is 8.43. The number of hydrogen-bond donors (Lipinski definition) is 2. The fourth-order valence-corrected chi connectivity index (χ4v) is 4.51. The second kappa shape index (κ2) is 8.19. The van der Waals surface area contributed by atoms with Gasteiger partial charge in [-0.2, -0.15) is 0 Å². The first kappa shape index (κ1) is 19.3. The zero-order valence-electron chi connectivity index (χ0n) is 17.5. The minimum absolute atomic E-state index is 0.0978. The van der Waals surface area contributed by atoms with Crippen molar-refractivity contribution in [2.75, 3.05) is 12.4 Å². The number of anilines is 1. The highest BCUT2D eigenvalue weighted by molar-refractivity contribution is 5.78. The average Bonchev–Trinajstić information content (AvgIpc) is 3.17. The van der Waals surface area contributed by atoms with E-state index in [0.29, 0.717) is 5.75 Å². The zero-order chi connectivity index (χ0) is 21.2. The number of nitrogens with one attached hydrogen (secondary N) is 1. The molecule has 0 heterocycles. The van der Waals surface area contributed by atoms with Crippen LogP contribution in [0.5, 0.6) is 11.5 Å². The molecule has 154 valence electrons. The van der Waals surface area contributed by atoms with Crippen molar-refractivity contribution < 1.29 is 9.84 Å². The standard InChI is InChI=1S/C28H25NO2/c1-31-27-13-7-12-25(28(27)30)26(16-19-8-3-2-4-9-19)29-22-14-15-24-21(18-22)17-20-10-5-6-11-23(20)24/h2-15,18,26,29-30H,16-17H2,1H3. The first-order valence-electron chi connectivity index (χ1n) is 10.6. The topological polar surface area (TPSA) is 41.5 Å². The highest BCUT2D eigenvalue weighted by atomic mass is 16.5. The van der Waals surface area contributed by atoms with Crippen LogP contribution in [0.1, 0.15) is 28.3 Å². The molecule has 0 bridgehead atoms. The number of ether oxygens (including phenoxy) is 1. The molecule has 0 aromatic heterocycles. The van der Waals surface area contributed by atoms with E-state index in [0.717, 1.165) is 24.1 Å². The van der Waals surface area contributed by atoms with Crippen molar-refractivity contribution in [3.05, 3.63) is 113 Å². The van der Waals surface area contributed by atoms with Gasteiger partial charge < -0.3 is 15.2 Å². The Bertz CT molecular complexity index is 1220. The molecule has 0 spiro atoms. The number of para-hydroxylation sites is 1. The third-order valence-electron chi connectivity index (χ3n) is 6.04. The summed E-state index contributed by atoms with van der Waals surface area (Å²) in [6.07, 6.45) is 1.70. The molecule has 4 aromatic rings. The van der Waals surface area contributed by atoms with Crippen LogP contribution in [0.3, 0.4) is 0 Å². The third kappa shape index (κ3) is 3.75. The van der Waals surface area contributed by atoms with Gasteiger partial charge in [0.2, 0.25) is 0 Å². The highest BCUT2D eigenvalue weighted by Crippen LogP contribution is 2.40. The van der Waals surface area contributed by atoms with Gasteiger partial charge in [0, 0.05) is 11.3 Å². The van der Waals surface area contributed by atoms with Crippen molar-refractivity contribution in [1.82, 2.24) is 0 Å². The maximum Gasteiger partial charge on any atom is 0.163 e. The summed E-state index contributed by atoms with van der Waals surface area (Å²) >= 11 is 0. The van der Waals surface area contributed by atoms with Crippen LogP contribution in [-0.4, -0.2) is 12.2 Å². The number of rotatable bonds is 6. The van der Waals surface area contributed by atoms with Crippen LogP contribution in [0.2, 0.25) is 0 Å². The van der Waals surface area contributed by atoms with Crippen molar-refractivity contribution in [3.63, 3.8) is 0 Å². The molecular formula is C28H25NO2. The van der Waals surface area contributed by atoms with Gasteiger partial charge in [0.25, 0.3) is 0 Å². The Hall–Kier alpha value is -3.72. The summed E-state index contributed by atoms with van der Waals surface area (Å²) in [4.78, 5) is 0. The molecule has 0 saturated carbocycles. The van der Waals surface area contributed by atoms with Crippen molar-refractivity contribution in [3.8, 4) is 22.6 Å². The van der Waals surface area contributed by atoms with Crippen LogP contribution in [0.25, 0.3) is 11.1 Å². The number of fused-ring (bicyclic) bond motifs is 3. The molecule has 2 N–H and O–H groups in total. The fourth-order valence-electron chi connectivity index (χ4n) is 4.51. The third-order valence-corrected chi connectivity index (χ3v) is 6.04. The number of benzene rings is 4. The summed E-state index contributed by atoms with van der Waals surface area (Å²) in [7, 11) is 1.58. The Morgan fingerprint density at radius 1 is 0.839 bits per heavy atom. The molecule has 0 amide bonds. The van der Waals surface area contributed by atoms with Crippen LogP contribution in [0, 0.1) is 0 Å². The van der Waals surface area contributed by atoms with Crippen molar-refractivity contribution in [2.45, 2.75) is 18.9 Å². The lowest BCUT2D eigenvalue weighted by atomic mass is 9.97. The van der Waals surface area contributed by atoms with Gasteiger partial charge in [-0.25, -0.2) is 0 Å². The normalized spacial score (nSPS) is 12.7. The van der Waals surface area contributed by atoms with Gasteiger partial charge in [-0.1, -0.05) is 72.8 Å². The Morgan fingerprint density at radius 3 is 2.45 bits per heavy atom. The van der Waals surface area contributed by atoms with Gasteiger partial charge in [-0.15, -0.1) is 0 Å². The Balaban J connectivity index is 1.49. The van der Waals surface area contributed by atoms with Crippen LogP contribution in [-0.2, 0) is 12.8 Å². The number of phenolic OH excluding ortho intramolecular Hbond substituents is 1. The molecule has 0 aliphatic heterocycles. The molecule has 1 unspecified atom stereocenters. The number of methoxy groups -OCH3 is 1.